The summed E-state index contributed by atoms with van der Waals surface area (Å²) in [7, 11) is 0. The van der Waals surface area contributed by atoms with Gasteiger partial charge in [-0.3, -0.25) is 0 Å². The molecule has 1 aliphatic carbocycles. The minimum absolute atomic E-state index is 0.564. The fraction of sp³-hybridized carbons (Fsp3) is 0.538. The van der Waals surface area contributed by atoms with E-state index in [-0.39, 0.29) is 0 Å². The third-order valence-electron chi connectivity index (χ3n) is 6.83. The average molecular weight is 362 g/mol. The Bertz CT molecular complexity index is 772. The normalized spacial score (nSPS) is 20.1. The topological polar surface area (TPSA) is 3.24 Å². The summed E-state index contributed by atoms with van der Waals surface area (Å²) in [6, 6.07) is 16.9. The molecule has 0 bridgehead atoms. The minimum Gasteiger partial charge on any atom is -0.364 e. The smallest absolute Gasteiger partial charge is 0.0617 e. The van der Waals surface area contributed by atoms with Crippen LogP contribution in [0, 0.1) is 12.8 Å². The molecule has 1 nitrogen and oxygen atoms in total. The van der Waals surface area contributed by atoms with Crippen LogP contribution in [0.2, 0.25) is 0 Å². The summed E-state index contributed by atoms with van der Waals surface area (Å²) in [4.78, 5) is 2.75. The molecule has 0 N–H and O–H groups in total. The number of hydrogen-bond donors (Lipinski definition) is 0. The van der Waals surface area contributed by atoms with Gasteiger partial charge in [-0.1, -0.05) is 81.5 Å². The second kappa shape index (κ2) is 8.09. The van der Waals surface area contributed by atoms with Crippen molar-refractivity contribution in [3.8, 4) is 0 Å². The van der Waals surface area contributed by atoms with Gasteiger partial charge in [-0.2, -0.15) is 0 Å². The van der Waals surface area contributed by atoms with E-state index in [9.17, 15) is 0 Å². The van der Waals surface area contributed by atoms with Crippen LogP contribution < -0.4 is 4.90 Å². The number of fused-ring (bicyclic) bond motifs is 5. The molecule has 144 valence electrons. The number of aryl methyl sites for hydroxylation is 1. The molecule has 0 saturated heterocycles. The first-order valence-electron chi connectivity index (χ1n) is 11.2. The van der Waals surface area contributed by atoms with E-state index in [2.05, 4.69) is 68.1 Å². The second-order valence-corrected chi connectivity index (χ2v) is 8.80. The van der Waals surface area contributed by atoms with Crippen molar-refractivity contribution in [3.05, 3.63) is 64.7 Å². The van der Waals surface area contributed by atoms with Crippen LogP contribution in [0.5, 0.6) is 0 Å². The van der Waals surface area contributed by atoms with Crippen molar-refractivity contribution in [2.45, 2.75) is 77.7 Å². The van der Waals surface area contributed by atoms with Gasteiger partial charge in [0, 0.05) is 18.2 Å². The van der Waals surface area contributed by atoms with Crippen molar-refractivity contribution in [1.82, 2.24) is 0 Å². The van der Waals surface area contributed by atoms with Crippen LogP contribution in [-0.2, 0) is 6.42 Å². The van der Waals surface area contributed by atoms with Crippen molar-refractivity contribution in [2.75, 3.05) is 11.4 Å². The number of anilines is 1. The highest BCUT2D eigenvalue weighted by atomic mass is 15.2. The molecule has 2 aromatic carbocycles. The molecule has 2 aromatic rings. The van der Waals surface area contributed by atoms with Gasteiger partial charge in [0.05, 0.1) is 6.04 Å². The Morgan fingerprint density at radius 3 is 2.52 bits per heavy atom. The van der Waals surface area contributed by atoms with E-state index in [4.69, 9.17) is 0 Å². The fourth-order valence-electron chi connectivity index (χ4n) is 5.68. The van der Waals surface area contributed by atoms with Crippen LogP contribution in [0.25, 0.3) is 0 Å². The standard InChI is InChI=1S/C26H35N/c1-4-9-20(10-5-2)11-8-16-27-25-15-14-19(3)17-23(25)24-18-21-12-6-7-13-22(21)26(24)27/h6-7,12-15,17,20,24,26H,4-5,8-11,16,18H2,1-3H3. The predicted octanol–water partition coefficient (Wildman–Crippen LogP) is 7.19. The fourth-order valence-corrected chi connectivity index (χ4v) is 5.68. The van der Waals surface area contributed by atoms with Crippen molar-refractivity contribution < 1.29 is 0 Å². The van der Waals surface area contributed by atoms with E-state index in [0.29, 0.717) is 12.0 Å². The minimum atomic E-state index is 0.564. The molecule has 1 heterocycles. The quantitative estimate of drug-likeness (QED) is 0.481. The maximum absolute atomic E-state index is 2.75. The lowest BCUT2D eigenvalue weighted by Gasteiger charge is -2.29. The highest BCUT2D eigenvalue weighted by Gasteiger charge is 2.44. The zero-order valence-corrected chi connectivity index (χ0v) is 17.4. The van der Waals surface area contributed by atoms with Gasteiger partial charge >= 0.3 is 0 Å². The van der Waals surface area contributed by atoms with E-state index in [0.717, 1.165) is 5.92 Å². The van der Waals surface area contributed by atoms with E-state index in [1.54, 1.807) is 16.7 Å². The molecule has 0 saturated carbocycles. The molecular weight excluding hydrogens is 326 g/mol. The van der Waals surface area contributed by atoms with Gasteiger partial charge < -0.3 is 4.90 Å². The SMILES string of the molecule is CCCC(CCC)CCCN1c2ccc(C)cc2C2Cc3ccccc3C21. The Hall–Kier alpha value is -1.76. The molecular formula is C26H35N. The molecule has 4 rings (SSSR count). The number of hydrogen-bond acceptors (Lipinski definition) is 1. The highest BCUT2D eigenvalue weighted by molar-refractivity contribution is 5.67. The van der Waals surface area contributed by atoms with Gasteiger partial charge in [-0.05, 0) is 54.9 Å². The molecule has 0 spiro atoms. The maximum atomic E-state index is 2.75. The molecule has 1 heteroatoms. The Morgan fingerprint density at radius 1 is 0.963 bits per heavy atom. The van der Waals surface area contributed by atoms with Gasteiger partial charge in [0.1, 0.15) is 0 Å². The largest absolute Gasteiger partial charge is 0.364 e. The van der Waals surface area contributed by atoms with Gasteiger partial charge in [0.25, 0.3) is 0 Å². The van der Waals surface area contributed by atoms with Crippen LogP contribution in [0.3, 0.4) is 0 Å². The summed E-state index contributed by atoms with van der Waals surface area (Å²) >= 11 is 0. The summed E-state index contributed by atoms with van der Waals surface area (Å²) in [6.07, 6.45) is 9.38. The molecule has 0 fully saturated rings. The molecule has 2 atom stereocenters. The summed E-state index contributed by atoms with van der Waals surface area (Å²) in [5.74, 6) is 1.58. The number of nitrogens with zero attached hydrogens (tertiary/aromatic N) is 1. The number of benzene rings is 2. The lowest BCUT2D eigenvalue weighted by atomic mass is 9.93. The first-order valence-corrected chi connectivity index (χ1v) is 11.2. The molecule has 0 radical (unpaired) electrons. The van der Waals surface area contributed by atoms with Crippen LogP contribution in [0.15, 0.2) is 42.5 Å². The van der Waals surface area contributed by atoms with Gasteiger partial charge in [-0.25, -0.2) is 0 Å². The van der Waals surface area contributed by atoms with Gasteiger partial charge in [0.2, 0.25) is 0 Å². The van der Waals surface area contributed by atoms with Gasteiger partial charge in [0.15, 0.2) is 0 Å². The molecule has 2 unspecified atom stereocenters. The van der Waals surface area contributed by atoms with Crippen LogP contribution in [-0.4, -0.2) is 6.54 Å². The third-order valence-corrected chi connectivity index (χ3v) is 6.83. The average Bonchev–Trinajstić information content (AvgIpc) is 3.18. The van der Waals surface area contributed by atoms with Crippen LogP contribution in [0.4, 0.5) is 5.69 Å². The zero-order chi connectivity index (χ0) is 18.8. The lowest BCUT2D eigenvalue weighted by molar-refractivity contribution is 0.397. The Morgan fingerprint density at radius 2 is 1.74 bits per heavy atom. The first-order chi connectivity index (χ1) is 13.2. The molecule has 0 aromatic heterocycles. The van der Waals surface area contributed by atoms with Crippen LogP contribution in [0.1, 0.15) is 86.6 Å². The van der Waals surface area contributed by atoms with E-state index in [1.165, 1.54) is 62.7 Å². The zero-order valence-electron chi connectivity index (χ0n) is 17.4. The summed E-state index contributed by atoms with van der Waals surface area (Å²) in [6.45, 7) is 8.11. The van der Waals surface area contributed by atoms with Crippen molar-refractivity contribution in [3.63, 3.8) is 0 Å². The van der Waals surface area contributed by atoms with Crippen molar-refractivity contribution in [2.24, 2.45) is 5.92 Å². The molecule has 2 aliphatic rings. The summed E-state index contributed by atoms with van der Waals surface area (Å²) in [5.41, 5.74) is 7.65. The van der Waals surface area contributed by atoms with Gasteiger partial charge in [-0.15, -0.1) is 0 Å². The lowest BCUT2D eigenvalue weighted by Crippen LogP contribution is -2.26. The molecule has 0 amide bonds. The van der Waals surface area contributed by atoms with E-state index >= 15 is 0 Å². The molecule has 1 aliphatic heterocycles. The monoisotopic (exact) mass is 361 g/mol. The van der Waals surface area contributed by atoms with Crippen molar-refractivity contribution >= 4 is 5.69 Å². The number of rotatable bonds is 8. The first kappa shape index (κ1) is 18.6. The Balaban J connectivity index is 1.55. The third kappa shape index (κ3) is 3.53. The summed E-state index contributed by atoms with van der Waals surface area (Å²) in [5, 5.41) is 0. The van der Waals surface area contributed by atoms with Crippen LogP contribution >= 0.6 is 0 Å². The Kier molecular flexibility index (Phi) is 5.57. The van der Waals surface area contributed by atoms with E-state index < -0.39 is 0 Å². The molecule has 27 heavy (non-hydrogen) atoms. The maximum Gasteiger partial charge on any atom is 0.0617 e. The van der Waals surface area contributed by atoms with E-state index in [1.807, 2.05) is 0 Å². The predicted molar refractivity (Wildman–Crippen MR) is 117 cm³/mol. The van der Waals surface area contributed by atoms with Crippen molar-refractivity contribution in [1.29, 1.82) is 0 Å². The summed E-state index contributed by atoms with van der Waals surface area (Å²) < 4.78 is 0. The Labute approximate surface area is 165 Å². The highest BCUT2D eigenvalue weighted by Crippen LogP contribution is 2.55. The second-order valence-electron chi connectivity index (χ2n) is 8.80.